The van der Waals surface area contributed by atoms with Crippen molar-refractivity contribution >= 4 is 11.8 Å². The minimum Gasteiger partial charge on any atom is -0.394 e. The van der Waals surface area contributed by atoms with E-state index in [0.29, 0.717) is 5.92 Å². The summed E-state index contributed by atoms with van der Waals surface area (Å²) in [5, 5.41) is 9.84. The van der Waals surface area contributed by atoms with E-state index in [0.717, 1.165) is 44.9 Å². The van der Waals surface area contributed by atoms with Crippen LogP contribution >= 0.6 is 0 Å². The Kier molecular flexibility index (Phi) is 3.16. The molecule has 4 nitrogen and oxygen atoms in total. The number of hydrogen-bond acceptors (Lipinski definition) is 3. The fourth-order valence-electron chi connectivity index (χ4n) is 4.21. The number of carbonyl (C=O) groups excluding carboxylic acids is 2. The molecule has 1 aliphatic heterocycles. The van der Waals surface area contributed by atoms with Gasteiger partial charge in [0.2, 0.25) is 11.8 Å². The van der Waals surface area contributed by atoms with Gasteiger partial charge in [0.05, 0.1) is 24.0 Å². The lowest BCUT2D eigenvalue weighted by atomic mass is 9.76. The van der Waals surface area contributed by atoms with Gasteiger partial charge in [-0.05, 0) is 44.4 Å². The van der Waals surface area contributed by atoms with Gasteiger partial charge in [-0.1, -0.05) is 13.3 Å². The number of nitrogens with zero attached hydrogens (tertiary/aromatic N) is 1. The Bertz CT molecular complexity index is 376. The Morgan fingerprint density at radius 3 is 2.11 bits per heavy atom. The van der Waals surface area contributed by atoms with Crippen molar-refractivity contribution in [3.8, 4) is 0 Å². The number of fused-ring (bicyclic) bond motifs is 1. The van der Waals surface area contributed by atoms with E-state index in [1.807, 2.05) is 0 Å². The molecular weight excluding hydrogens is 242 g/mol. The van der Waals surface area contributed by atoms with Gasteiger partial charge >= 0.3 is 0 Å². The largest absolute Gasteiger partial charge is 0.394 e. The minimum absolute atomic E-state index is 0.00361. The molecule has 0 bridgehead atoms. The number of amides is 2. The van der Waals surface area contributed by atoms with Crippen molar-refractivity contribution in [1.82, 2.24) is 4.90 Å². The maximum atomic E-state index is 12.5. The quantitative estimate of drug-likeness (QED) is 0.773. The Morgan fingerprint density at radius 1 is 1.11 bits per heavy atom. The van der Waals surface area contributed by atoms with E-state index in [1.165, 1.54) is 4.90 Å². The van der Waals surface area contributed by atoms with Crippen molar-refractivity contribution < 1.29 is 14.7 Å². The van der Waals surface area contributed by atoms with Gasteiger partial charge in [0.15, 0.2) is 0 Å². The second-order valence-corrected chi connectivity index (χ2v) is 6.72. The highest BCUT2D eigenvalue weighted by atomic mass is 16.3. The molecule has 2 atom stereocenters. The molecule has 2 unspecified atom stereocenters. The number of rotatable bonds is 2. The lowest BCUT2D eigenvalue weighted by molar-refractivity contribution is -0.152. The van der Waals surface area contributed by atoms with Gasteiger partial charge in [0.1, 0.15) is 0 Å². The molecule has 3 fully saturated rings. The van der Waals surface area contributed by atoms with E-state index in [1.54, 1.807) is 0 Å². The lowest BCUT2D eigenvalue weighted by Crippen LogP contribution is -2.56. The highest BCUT2D eigenvalue weighted by Crippen LogP contribution is 2.46. The van der Waals surface area contributed by atoms with Crippen LogP contribution in [-0.4, -0.2) is 34.0 Å². The molecule has 3 rings (SSSR count). The third kappa shape index (κ3) is 1.83. The molecule has 0 aromatic rings. The van der Waals surface area contributed by atoms with Gasteiger partial charge < -0.3 is 5.11 Å². The lowest BCUT2D eigenvalue weighted by Gasteiger charge is -2.44. The predicted octanol–water partition coefficient (Wildman–Crippen LogP) is 1.71. The van der Waals surface area contributed by atoms with Gasteiger partial charge in [-0.2, -0.15) is 0 Å². The van der Waals surface area contributed by atoms with Crippen molar-refractivity contribution in [2.45, 2.75) is 57.4 Å². The molecule has 2 aliphatic carbocycles. The normalized spacial score (nSPS) is 42.8. The van der Waals surface area contributed by atoms with E-state index in [9.17, 15) is 14.7 Å². The maximum Gasteiger partial charge on any atom is 0.233 e. The van der Waals surface area contributed by atoms with E-state index in [4.69, 9.17) is 0 Å². The molecule has 2 amide bonds. The monoisotopic (exact) mass is 265 g/mol. The van der Waals surface area contributed by atoms with E-state index >= 15 is 0 Å². The minimum atomic E-state index is -0.592. The summed E-state index contributed by atoms with van der Waals surface area (Å²) in [4.78, 5) is 26.6. The Hall–Kier alpha value is -0.900. The number of aliphatic hydroxyl groups is 1. The topological polar surface area (TPSA) is 57.6 Å². The van der Waals surface area contributed by atoms with E-state index < -0.39 is 5.54 Å². The predicted molar refractivity (Wildman–Crippen MR) is 70.1 cm³/mol. The number of carbonyl (C=O) groups is 2. The molecule has 0 aromatic heterocycles. The van der Waals surface area contributed by atoms with Crippen LogP contribution in [0.4, 0.5) is 0 Å². The number of imide groups is 1. The standard InChI is InChI=1S/C15H23NO3/c1-10-5-7-15(9-17,8-6-10)16-13(18)11-3-2-4-12(11)14(16)19/h10-12,17H,2-9H2,1H3. The zero-order valence-corrected chi connectivity index (χ0v) is 11.6. The summed E-state index contributed by atoms with van der Waals surface area (Å²) in [6, 6.07) is 0. The van der Waals surface area contributed by atoms with Crippen molar-refractivity contribution in [1.29, 1.82) is 0 Å². The van der Waals surface area contributed by atoms with Crippen LogP contribution < -0.4 is 0 Å². The molecule has 2 saturated carbocycles. The maximum absolute atomic E-state index is 12.5. The van der Waals surface area contributed by atoms with Crippen LogP contribution in [0.25, 0.3) is 0 Å². The molecule has 1 N–H and O–H groups in total. The number of hydrogen-bond donors (Lipinski definition) is 1. The first-order valence-electron chi connectivity index (χ1n) is 7.58. The molecule has 0 radical (unpaired) electrons. The molecule has 0 aromatic carbocycles. The molecule has 3 aliphatic rings. The Labute approximate surface area is 114 Å². The van der Waals surface area contributed by atoms with Gasteiger partial charge in [0, 0.05) is 0 Å². The average Bonchev–Trinajstić information content (AvgIpc) is 2.97. The van der Waals surface area contributed by atoms with Crippen molar-refractivity contribution in [3.05, 3.63) is 0 Å². The summed E-state index contributed by atoms with van der Waals surface area (Å²) >= 11 is 0. The van der Waals surface area contributed by atoms with Crippen LogP contribution in [0.1, 0.15) is 51.9 Å². The zero-order valence-electron chi connectivity index (χ0n) is 11.6. The van der Waals surface area contributed by atoms with Crippen LogP contribution in [0.2, 0.25) is 0 Å². The van der Waals surface area contributed by atoms with E-state index in [-0.39, 0.29) is 30.3 Å². The summed E-state index contributed by atoms with van der Waals surface area (Å²) in [5.74, 6) is 0.449. The summed E-state index contributed by atoms with van der Waals surface area (Å²) < 4.78 is 0. The fourth-order valence-corrected chi connectivity index (χ4v) is 4.21. The van der Waals surface area contributed by atoms with Crippen LogP contribution in [0.3, 0.4) is 0 Å². The zero-order chi connectivity index (χ0) is 13.6. The first kappa shape index (κ1) is 13.1. The van der Waals surface area contributed by atoms with Crippen molar-refractivity contribution in [2.24, 2.45) is 17.8 Å². The summed E-state index contributed by atoms with van der Waals surface area (Å²) in [5.41, 5.74) is -0.592. The molecular formula is C15H23NO3. The van der Waals surface area contributed by atoms with Crippen LogP contribution in [0.5, 0.6) is 0 Å². The highest BCUT2D eigenvalue weighted by molar-refractivity contribution is 6.06. The first-order chi connectivity index (χ1) is 9.09. The molecule has 4 heteroatoms. The summed E-state index contributed by atoms with van der Waals surface area (Å²) in [6.07, 6.45) is 6.21. The van der Waals surface area contributed by atoms with Crippen molar-refractivity contribution in [3.63, 3.8) is 0 Å². The third-order valence-electron chi connectivity index (χ3n) is 5.56. The van der Waals surface area contributed by atoms with Gasteiger partial charge in [-0.25, -0.2) is 0 Å². The smallest absolute Gasteiger partial charge is 0.233 e. The molecule has 0 spiro atoms. The fraction of sp³-hybridized carbons (Fsp3) is 0.867. The van der Waals surface area contributed by atoms with E-state index in [2.05, 4.69) is 6.92 Å². The Morgan fingerprint density at radius 2 is 1.63 bits per heavy atom. The second kappa shape index (κ2) is 4.58. The third-order valence-corrected chi connectivity index (χ3v) is 5.56. The molecule has 1 saturated heterocycles. The molecule has 19 heavy (non-hydrogen) atoms. The van der Waals surface area contributed by atoms with Crippen molar-refractivity contribution in [2.75, 3.05) is 6.61 Å². The summed E-state index contributed by atoms with van der Waals surface area (Å²) in [6.45, 7) is 2.13. The highest BCUT2D eigenvalue weighted by Gasteiger charge is 2.56. The molecule has 1 heterocycles. The van der Waals surface area contributed by atoms with Gasteiger partial charge in [0.25, 0.3) is 0 Å². The van der Waals surface area contributed by atoms with Gasteiger partial charge in [-0.15, -0.1) is 0 Å². The average molecular weight is 265 g/mol. The van der Waals surface area contributed by atoms with Crippen LogP contribution in [-0.2, 0) is 9.59 Å². The first-order valence-corrected chi connectivity index (χ1v) is 7.58. The Balaban J connectivity index is 1.88. The SMILES string of the molecule is CC1CCC(CO)(N2C(=O)C3CCCC3C2=O)CC1. The second-order valence-electron chi connectivity index (χ2n) is 6.72. The molecule has 106 valence electrons. The summed E-state index contributed by atoms with van der Waals surface area (Å²) in [7, 11) is 0. The number of likely N-dealkylation sites (tertiary alicyclic amines) is 1. The van der Waals surface area contributed by atoms with Crippen LogP contribution in [0.15, 0.2) is 0 Å². The van der Waals surface area contributed by atoms with Gasteiger partial charge in [-0.3, -0.25) is 14.5 Å². The number of aliphatic hydroxyl groups excluding tert-OH is 1. The van der Waals surface area contributed by atoms with Crippen LogP contribution in [0, 0.1) is 17.8 Å².